The van der Waals surface area contributed by atoms with Gasteiger partial charge in [-0.3, -0.25) is 19.1 Å². The van der Waals surface area contributed by atoms with Crippen LogP contribution in [0, 0.1) is 0 Å². The summed E-state index contributed by atoms with van der Waals surface area (Å²) in [5.74, 6) is 0.380. The molecule has 182 valence electrons. The van der Waals surface area contributed by atoms with Crippen molar-refractivity contribution in [2.75, 3.05) is 27.2 Å². The van der Waals surface area contributed by atoms with Gasteiger partial charge in [0.05, 0.1) is 18.5 Å². The summed E-state index contributed by atoms with van der Waals surface area (Å²) < 4.78 is 9.74. The van der Waals surface area contributed by atoms with E-state index < -0.39 is 0 Å². The number of pyridine rings is 1. The van der Waals surface area contributed by atoms with Gasteiger partial charge in [0.2, 0.25) is 11.5 Å². The topological polar surface area (TPSA) is 98.5 Å². The molecule has 3 aromatic heterocycles. The smallest absolute Gasteiger partial charge is 0.264 e. The SMILES string of the molecule is CNC(=O)CCN(CCn1cccn1)C(=O)c1cc2c(OC)ccc(-c3ccc(=O)n(C)c3)c2s1. The number of hydrogen-bond acceptors (Lipinski definition) is 6. The van der Waals surface area contributed by atoms with E-state index in [9.17, 15) is 14.4 Å². The third kappa shape index (κ3) is 5.27. The quantitative estimate of drug-likeness (QED) is 0.387. The molecule has 4 rings (SSSR count). The molecule has 9 nitrogen and oxygen atoms in total. The number of aryl methyl sites for hydroxylation is 1. The molecule has 1 aromatic carbocycles. The molecular formula is C25H27N5O4S. The van der Waals surface area contributed by atoms with Crippen LogP contribution < -0.4 is 15.6 Å². The Morgan fingerprint density at radius 3 is 2.71 bits per heavy atom. The number of benzene rings is 1. The van der Waals surface area contributed by atoms with Gasteiger partial charge in [-0.2, -0.15) is 5.10 Å². The van der Waals surface area contributed by atoms with Crippen molar-refractivity contribution < 1.29 is 14.3 Å². The number of carbonyl (C=O) groups excluding carboxylic acids is 2. The second-order valence-corrected chi connectivity index (χ2v) is 9.07. The van der Waals surface area contributed by atoms with Crippen LogP contribution in [0.2, 0.25) is 0 Å². The van der Waals surface area contributed by atoms with Crippen molar-refractivity contribution in [1.29, 1.82) is 0 Å². The third-order valence-electron chi connectivity index (χ3n) is 5.80. The number of nitrogens with one attached hydrogen (secondary N) is 1. The Morgan fingerprint density at radius 2 is 2.03 bits per heavy atom. The molecule has 0 spiro atoms. The first-order chi connectivity index (χ1) is 16.9. The number of thiophene rings is 1. The van der Waals surface area contributed by atoms with E-state index in [0.29, 0.717) is 30.3 Å². The first kappa shape index (κ1) is 24.2. The van der Waals surface area contributed by atoms with Crippen molar-refractivity contribution in [3.63, 3.8) is 0 Å². The van der Waals surface area contributed by atoms with Gasteiger partial charge >= 0.3 is 0 Å². The Bertz CT molecular complexity index is 1410. The Hall–Kier alpha value is -3.92. The lowest BCUT2D eigenvalue weighted by Crippen LogP contribution is -2.36. The molecule has 3 heterocycles. The van der Waals surface area contributed by atoms with Crippen LogP contribution in [0.1, 0.15) is 16.1 Å². The van der Waals surface area contributed by atoms with Crippen molar-refractivity contribution in [2.45, 2.75) is 13.0 Å². The van der Waals surface area contributed by atoms with E-state index in [2.05, 4.69) is 10.4 Å². The Labute approximate surface area is 206 Å². The molecule has 0 bridgehead atoms. The maximum atomic E-state index is 13.6. The standard InChI is InChI=1S/C25H27N5O4S/c1-26-22(31)9-12-29(13-14-30-11-4-10-27-30)25(33)21-15-19-20(34-3)7-6-18(24(19)35-21)17-5-8-23(32)28(2)16-17/h4-8,10-11,15-16H,9,12-14H2,1-3H3,(H,26,31). The number of nitrogens with zero attached hydrogens (tertiary/aromatic N) is 4. The van der Waals surface area contributed by atoms with Crippen molar-refractivity contribution >= 4 is 33.2 Å². The molecule has 10 heteroatoms. The molecule has 0 aliphatic rings. The van der Waals surface area contributed by atoms with Gasteiger partial charge in [-0.25, -0.2) is 0 Å². The fraction of sp³-hybridized carbons (Fsp3) is 0.280. The Morgan fingerprint density at radius 1 is 1.20 bits per heavy atom. The molecule has 4 aromatic rings. The van der Waals surface area contributed by atoms with Crippen LogP contribution in [0.15, 0.2) is 59.8 Å². The van der Waals surface area contributed by atoms with Gasteiger partial charge in [0.25, 0.3) is 5.91 Å². The number of rotatable bonds is 9. The van der Waals surface area contributed by atoms with Crippen LogP contribution >= 0.6 is 11.3 Å². The zero-order chi connectivity index (χ0) is 24.9. The number of amides is 2. The number of carbonyl (C=O) groups is 2. The lowest BCUT2D eigenvalue weighted by atomic mass is 10.1. The molecule has 0 saturated carbocycles. The number of aromatic nitrogens is 3. The molecule has 2 amide bonds. The van der Waals surface area contributed by atoms with Crippen LogP contribution in [-0.2, 0) is 18.4 Å². The molecule has 0 fully saturated rings. The predicted molar refractivity (Wildman–Crippen MR) is 136 cm³/mol. The van der Waals surface area contributed by atoms with E-state index in [1.807, 2.05) is 30.5 Å². The second kappa shape index (κ2) is 10.6. The molecule has 0 radical (unpaired) electrons. The summed E-state index contributed by atoms with van der Waals surface area (Å²) in [5.41, 5.74) is 1.69. The first-order valence-corrected chi connectivity index (χ1v) is 12.0. The molecule has 35 heavy (non-hydrogen) atoms. The summed E-state index contributed by atoms with van der Waals surface area (Å²) >= 11 is 1.38. The van der Waals surface area contributed by atoms with Gasteiger partial charge in [-0.05, 0) is 35.9 Å². The predicted octanol–water partition coefficient (Wildman–Crippen LogP) is 2.75. The van der Waals surface area contributed by atoms with Crippen molar-refractivity contribution in [3.05, 3.63) is 70.2 Å². The van der Waals surface area contributed by atoms with E-state index >= 15 is 0 Å². The van der Waals surface area contributed by atoms with Crippen LogP contribution in [0.25, 0.3) is 21.2 Å². The number of methoxy groups -OCH3 is 1. The Balaban J connectivity index is 1.71. The zero-order valence-electron chi connectivity index (χ0n) is 19.9. The minimum absolute atomic E-state index is 0.0931. The maximum absolute atomic E-state index is 13.6. The van der Waals surface area contributed by atoms with E-state index in [4.69, 9.17) is 4.74 Å². The summed E-state index contributed by atoms with van der Waals surface area (Å²) in [6, 6.07) is 10.8. The molecule has 0 atom stereocenters. The minimum atomic E-state index is -0.157. The molecule has 0 aliphatic carbocycles. The van der Waals surface area contributed by atoms with Gasteiger partial charge in [-0.15, -0.1) is 11.3 Å². The minimum Gasteiger partial charge on any atom is -0.496 e. The van der Waals surface area contributed by atoms with Gasteiger partial charge in [0.1, 0.15) is 5.75 Å². The summed E-state index contributed by atoms with van der Waals surface area (Å²) in [7, 11) is 4.89. The van der Waals surface area contributed by atoms with Crippen molar-refractivity contribution in [3.8, 4) is 16.9 Å². The van der Waals surface area contributed by atoms with Gasteiger partial charge in [-0.1, -0.05) is 0 Å². The first-order valence-electron chi connectivity index (χ1n) is 11.2. The van der Waals surface area contributed by atoms with Crippen LogP contribution in [-0.4, -0.2) is 58.3 Å². The van der Waals surface area contributed by atoms with Crippen LogP contribution in [0.4, 0.5) is 0 Å². The van der Waals surface area contributed by atoms with Crippen molar-refractivity contribution in [1.82, 2.24) is 24.6 Å². The van der Waals surface area contributed by atoms with Crippen molar-refractivity contribution in [2.24, 2.45) is 7.05 Å². The van der Waals surface area contributed by atoms with E-state index in [1.54, 1.807) is 49.2 Å². The van der Waals surface area contributed by atoms with Crippen LogP contribution in [0.5, 0.6) is 5.75 Å². The highest BCUT2D eigenvalue weighted by Gasteiger charge is 2.22. The molecular weight excluding hydrogens is 466 g/mol. The highest BCUT2D eigenvalue weighted by molar-refractivity contribution is 7.21. The molecule has 0 saturated heterocycles. The largest absolute Gasteiger partial charge is 0.496 e. The second-order valence-electron chi connectivity index (χ2n) is 8.02. The third-order valence-corrected chi connectivity index (χ3v) is 6.96. The fourth-order valence-electron chi connectivity index (χ4n) is 3.85. The average molecular weight is 494 g/mol. The maximum Gasteiger partial charge on any atom is 0.264 e. The van der Waals surface area contributed by atoms with Gasteiger partial charge < -0.3 is 19.5 Å². The van der Waals surface area contributed by atoms with E-state index in [-0.39, 0.29) is 23.8 Å². The van der Waals surface area contributed by atoms with Gasteiger partial charge in [0.15, 0.2) is 0 Å². The highest BCUT2D eigenvalue weighted by Crippen LogP contribution is 2.40. The molecule has 0 unspecified atom stereocenters. The normalized spacial score (nSPS) is 10.9. The number of ether oxygens (including phenoxy) is 1. The van der Waals surface area contributed by atoms with Crippen LogP contribution in [0.3, 0.4) is 0 Å². The van der Waals surface area contributed by atoms with Gasteiger partial charge in [0, 0.05) is 73.9 Å². The monoisotopic (exact) mass is 493 g/mol. The lowest BCUT2D eigenvalue weighted by molar-refractivity contribution is -0.120. The average Bonchev–Trinajstić information content (AvgIpc) is 3.55. The lowest BCUT2D eigenvalue weighted by Gasteiger charge is -2.21. The number of hydrogen-bond donors (Lipinski definition) is 1. The van der Waals surface area contributed by atoms with E-state index in [1.165, 1.54) is 22.0 Å². The fourth-order valence-corrected chi connectivity index (χ4v) is 5.03. The zero-order valence-corrected chi connectivity index (χ0v) is 20.7. The highest BCUT2D eigenvalue weighted by atomic mass is 32.1. The number of fused-ring (bicyclic) bond motifs is 1. The molecule has 0 aliphatic heterocycles. The molecule has 1 N–H and O–H groups in total. The summed E-state index contributed by atoms with van der Waals surface area (Å²) in [6.07, 6.45) is 5.52. The summed E-state index contributed by atoms with van der Waals surface area (Å²) in [5, 5.41) is 7.64. The summed E-state index contributed by atoms with van der Waals surface area (Å²) in [6.45, 7) is 1.22. The Kier molecular flexibility index (Phi) is 7.31. The van der Waals surface area contributed by atoms with E-state index in [0.717, 1.165) is 21.2 Å². The summed E-state index contributed by atoms with van der Waals surface area (Å²) in [4.78, 5) is 39.6.